The molecule has 0 amide bonds. The van der Waals surface area contributed by atoms with Gasteiger partial charge in [-0.05, 0) is 86.9 Å². The first-order valence-corrected chi connectivity index (χ1v) is 17.2. The van der Waals surface area contributed by atoms with Crippen molar-refractivity contribution in [3.05, 3.63) is 158 Å². The second kappa shape index (κ2) is 11.2. The maximum atomic E-state index is 6.37. The first-order chi connectivity index (χ1) is 25.7. The normalized spacial score (nSPS) is 11.8. The smallest absolute Gasteiger partial charge is 0.227 e. The zero-order valence-electron chi connectivity index (χ0n) is 27.6. The number of oxazole rings is 1. The van der Waals surface area contributed by atoms with Crippen LogP contribution in [0.25, 0.3) is 111 Å². The topological polar surface area (TPSA) is 77.8 Å². The zero-order valence-corrected chi connectivity index (χ0v) is 27.6. The van der Waals surface area contributed by atoms with E-state index in [0.717, 1.165) is 76.8 Å². The highest BCUT2D eigenvalue weighted by Gasteiger charge is 2.18. The Morgan fingerprint density at radius 3 is 1.48 bits per heavy atom. The predicted molar refractivity (Wildman–Crippen MR) is 209 cm³/mol. The number of benzene rings is 8. The number of aromatic nitrogens is 4. The highest BCUT2D eigenvalue weighted by molar-refractivity contribution is 6.19. The van der Waals surface area contributed by atoms with Gasteiger partial charge < -0.3 is 8.83 Å². The monoisotopic (exact) mass is 666 g/mol. The molecule has 0 aliphatic rings. The number of hydrogen-bond donors (Lipinski definition) is 0. The van der Waals surface area contributed by atoms with E-state index in [2.05, 4.69) is 115 Å². The van der Waals surface area contributed by atoms with Gasteiger partial charge in [-0.3, -0.25) is 0 Å². The molecule has 0 aliphatic heterocycles. The van der Waals surface area contributed by atoms with Crippen LogP contribution in [-0.4, -0.2) is 19.9 Å². The minimum Gasteiger partial charge on any atom is -0.456 e. The SMILES string of the molecule is c1ccc(-c2nc3c(ccc4oc5cc6ccc(-c7nc(-c8ccc9ccccc9c8)nc(-c8ccc9ccccc9c8)n7)cc6cc5c43)o2)cc1. The van der Waals surface area contributed by atoms with Crippen molar-refractivity contribution in [1.82, 2.24) is 19.9 Å². The van der Waals surface area contributed by atoms with Gasteiger partial charge in [0, 0.05) is 27.6 Å². The molecule has 3 aromatic heterocycles. The van der Waals surface area contributed by atoms with Crippen molar-refractivity contribution in [2.45, 2.75) is 0 Å². The van der Waals surface area contributed by atoms with E-state index in [4.69, 9.17) is 28.8 Å². The summed E-state index contributed by atoms with van der Waals surface area (Å²) in [5, 5.41) is 8.60. The summed E-state index contributed by atoms with van der Waals surface area (Å²) in [6, 6.07) is 53.8. The summed E-state index contributed by atoms with van der Waals surface area (Å²) in [6.45, 7) is 0. The lowest BCUT2D eigenvalue weighted by atomic mass is 10.0. The van der Waals surface area contributed by atoms with Crippen LogP contribution in [0.1, 0.15) is 0 Å². The van der Waals surface area contributed by atoms with Crippen LogP contribution in [0.4, 0.5) is 0 Å². The minimum absolute atomic E-state index is 0.583. The van der Waals surface area contributed by atoms with Crippen LogP contribution in [0.5, 0.6) is 0 Å². The Morgan fingerprint density at radius 1 is 0.327 bits per heavy atom. The highest BCUT2D eigenvalue weighted by Crippen LogP contribution is 2.39. The fourth-order valence-electron chi connectivity index (χ4n) is 7.26. The molecule has 242 valence electrons. The molecule has 8 aromatic carbocycles. The summed E-state index contributed by atoms with van der Waals surface area (Å²) in [5.41, 5.74) is 6.75. The number of rotatable bonds is 4. The van der Waals surface area contributed by atoms with E-state index < -0.39 is 0 Å². The Morgan fingerprint density at radius 2 is 0.846 bits per heavy atom. The molecule has 11 rings (SSSR count). The third-order valence-electron chi connectivity index (χ3n) is 9.88. The third-order valence-corrected chi connectivity index (χ3v) is 9.88. The van der Waals surface area contributed by atoms with Crippen LogP contribution in [0, 0.1) is 0 Å². The van der Waals surface area contributed by atoms with Gasteiger partial charge in [-0.2, -0.15) is 0 Å². The Labute approximate surface area is 296 Å². The van der Waals surface area contributed by atoms with Crippen LogP contribution in [0.3, 0.4) is 0 Å². The largest absolute Gasteiger partial charge is 0.456 e. The molecule has 11 aromatic rings. The molecule has 3 heterocycles. The van der Waals surface area contributed by atoms with Gasteiger partial charge in [-0.25, -0.2) is 19.9 Å². The van der Waals surface area contributed by atoms with Crippen molar-refractivity contribution in [3.8, 4) is 45.6 Å². The Bertz CT molecular complexity index is 3100. The van der Waals surface area contributed by atoms with E-state index in [1.165, 1.54) is 10.8 Å². The standard InChI is InChI=1S/C46H26N4O2/c1-2-10-29(11-3-1)46-47-42-39(52-46)21-20-38-41(42)37-25-36-24-35(19-16-32(36)26-40(37)51-38)45-49-43(33-17-14-27-8-4-6-12-30(27)22-33)48-44(50-45)34-18-15-28-9-5-7-13-31(28)23-34/h1-26H. The van der Waals surface area contributed by atoms with Crippen LogP contribution >= 0.6 is 0 Å². The predicted octanol–water partition coefficient (Wildman–Crippen LogP) is 12.0. The molecule has 0 unspecified atom stereocenters. The molecule has 0 radical (unpaired) electrons. The maximum Gasteiger partial charge on any atom is 0.227 e. The summed E-state index contributed by atoms with van der Waals surface area (Å²) in [7, 11) is 0. The Kier molecular flexibility index (Phi) is 6.15. The lowest BCUT2D eigenvalue weighted by Gasteiger charge is -2.10. The molecule has 0 saturated carbocycles. The fourth-order valence-corrected chi connectivity index (χ4v) is 7.26. The van der Waals surface area contributed by atoms with Gasteiger partial charge in [0.25, 0.3) is 0 Å². The van der Waals surface area contributed by atoms with E-state index >= 15 is 0 Å². The van der Waals surface area contributed by atoms with E-state index in [0.29, 0.717) is 23.4 Å². The van der Waals surface area contributed by atoms with Gasteiger partial charge >= 0.3 is 0 Å². The van der Waals surface area contributed by atoms with E-state index in [1.54, 1.807) is 0 Å². The van der Waals surface area contributed by atoms with Crippen LogP contribution < -0.4 is 0 Å². The van der Waals surface area contributed by atoms with Gasteiger partial charge in [0.05, 0.1) is 5.39 Å². The van der Waals surface area contributed by atoms with Crippen molar-refractivity contribution >= 4 is 65.4 Å². The van der Waals surface area contributed by atoms with E-state index in [9.17, 15) is 0 Å². The van der Waals surface area contributed by atoms with Gasteiger partial charge in [-0.15, -0.1) is 0 Å². The fraction of sp³-hybridized carbons (Fsp3) is 0. The summed E-state index contributed by atoms with van der Waals surface area (Å²) in [6.07, 6.45) is 0. The second-order valence-corrected chi connectivity index (χ2v) is 13.1. The highest BCUT2D eigenvalue weighted by atomic mass is 16.4. The molecule has 0 spiro atoms. The molecule has 0 bridgehead atoms. The average molecular weight is 667 g/mol. The van der Waals surface area contributed by atoms with Gasteiger partial charge in [-0.1, -0.05) is 103 Å². The summed E-state index contributed by atoms with van der Waals surface area (Å²) < 4.78 is 12.6. The van der Waals surface area contributed by atoms with Crippen molar-refractivity contribution in [2.24, 2.45) is 0 Å². The minimum atomic E-state index is 0.583. The van der Waals surface area contributed by atoms with Crippen LogP contribution in [0.15, 0.2) is 167 Å². The quantitative estimate of drug-likeness (QED) is 0.186. The maximum absolute atomic E-state index is 6.37. The zero-order chi connectivity index (χ0) is 34.2. The molecule has 52 heavy (non-hydrogen) atoms. The molecule has 6 nitrogen and oxygen atoms in total. The van der Waals surface area contributed by atoms with Crippen molar-refractivity contribution in [2.75, 3.05) is 0 Å². The molecule has 0 saturated heterocycles. The number of nitrogens with zero attached hydrogens (tertiary/aromatic N) is 4. The molecular formula is C46H26N4O2. The Balaban J connectivity index is 1.09. The summed E-state index contributed by atoms with van der Waals surface area (Å²) >= 11 is 0. The van der Waals surface area contributed by atoms with E-state index in [-0.39, 0.29) is 0 Å². The average Bonchev–Trinajstić information content (AvgIpc) is 3.81. The van der Waals surface area contributed by atoms with Crippen molar-refractivity contribution < 1.29 is 8.83 Å². The third kappa shape index (κ3) is 4.66. The molecule has 0 aliphatic carbocycles. The molecule has 0 fully saturated rings. The van der Waals surface area contributed by atoms with Crippen LogP contribution in [-0.2, 0) is 0 Å². The van der Waals surface area contributed by atoms with Crippen molar-refractivity contribution in [1.29, 1.82) is 0 Å². The van der Waals surface area contributed by atoms with Crippen molar-refractivity contribution in [3.63, 3.8) is 0 Å². The van der Waals surface area contributed by atoms with Crippen LogP contribution in [0.2, 0.25) is 0 Å². The number of fused-ring (bicyclic) bond motifs is 8. The molecule has 6 heteroatoms. The first-order valence-electron chi connectivity index (χ1n) is 17.2. The second-order valence-electron chi connectivity index (χ2n) is 13.1. The molecule has 0 N–H and O–H groups in total. The molecule has 0 atom stereocenters. The first kappa shape index (κ1) is 28.6. The number of hydrogen-bond acceptors (Lipinski definition) is 6. The van der Waals surface area contributed by atoms with Gasteiger partial charge in [0.2, 0.25) is 5.89 Å². The summed E-state index contributed by atoms with van der Waals surface area (Å²) in [5.74, 6) is 2.43. The Hall–Kier alpha value is -7.18. The van der Waals surface area contributed by atoms with Gasteiger partial charge in [0.15, 0.2) is 23.1 Å². The summed E-state index contributed by atoms with van der Waals surface area (Å²) in [4.78, 5) is 20.2. The number of furan rings is 1. The molecular weight excluding hydrogens is 641 g/mol. The lowest BCUT2D eigenvalue weighted by molar-refractivity contribution is 0.619. The van der Waals surface area contributed by atoms with Gasteiger partial charge in [0.1, 0.15) is 16.7 Å². The lowest BCUT2D eigenvalue weighted by Crippen LogP contribution is -2.00. The van der Waals surface area contributed by atoms with E-state index in [1.807, 2.05) is 42.5 Å².